The van der Waals surface area contributed by atoms with Crippen molar-refractivity contribution in [2.45, 2.75) is 30.8 Å². The molecule has 1 fully saturated rings. The van der Waals surface area contributed by atoms with Crippen molar-refractivity contribution in [3.05, 3.63) is 58.6 Å². The fourth-order valence-electron chi connectivity index (χ4n) is 2.80. The van der Waals surface area contributed by atoms with Gasteiger partial charge in [-0.25, -0.2) is 8.42 Å². The van der Waals surface area contributed by atoms with Crippen LogP contribution in [0.15, 0.2) is 47.4 Å². The van der Waals surface area contributed by atoms with E-state index in [-0.39, 0.29) is 27.5 Å². The Balaban J connectivity index is 1.77. The van der Waals surface area contributed by atoms with Crippen LogP contribution >= 0.6 is 11.6 Å². The molecule has 1 aliphatic heterocycles. The third-order valence-electron chi connectivity index (χ3n) is 4.30. The normalized spacial score (nSPS) is 16.9. The van der Waals surface area contributed by atoms with Gasteiger partial charge in [-0.2, -0.15) is 0 Å². The summed E-state index contributed by atoms with van der Waals surface area (Å²) in [6.45, 7) is 3.01. The molecule has 144 valence electrons. The third-order valence-corrected chi connectivity index (χ3v) is 6.16. The first kappa shape index (κ1) is 19.7. The lowest BCUT2D eigenvalue weighted by molar-refractivity contribution is 0.0857. The van der Waals surface area contributed by atoms with Crippen molar-refractivity contribution in [2.75, 3.05) is 17.9 Å². The van der Waals surface area contributed by atoms with E-state index >= 15 is 0 Å². The molecule has 1 amide bonds. The lowest BCUT2D eigenvalue weighted by Crippen LogP contribution is -2.31. The highest BCUT2D eigenvalue weighted by molar-refractivity contribution is 7.92. The van der Waals surface area contributed by atoms with Gasteiger partial charge in [0.05, 0.1) is 11.1 Å². The van der Waals surface area contributed by atoms with Crippen molar-refractivity contribution < 1.29 is 17.9 Å². The average Bonchev–Trinajstić information content (AvgIpc) is 3.15. The first-order chi connectivity index (χ1) is 12.8. The monoisotopic (exact) mass is 408 g/mol. The Morgan fingerprint density at radius 2 is 1.96 bits per heavy atom. The van der Waals surface area contributed by atoms with Crippen molar-refractivity contribution >= 4 is 33.2 Å². The van der Waals surface area contributed by atoms with E-state index in [9.17, 15) is 13.2 Å². The summed E-state index contributed by atoms with van der Waals surface area (Å²) >= 11 is 6.09. The number of carbonyl (C=O) groups is 1. The van der Waals surface area contributed by atoms with Crippen molar-refractivity contribution in [2.24, 2.45) is 0 Å². The van der Waals surface area contributed by atoms with Crippen LogP contribution in [0.3, 0.4) is 0 Å². The van der Waals surface area contributed by atoms with E-state index in [1.165, 1.54) is 18.2 Å². The van der Waals surface area contributed by atoms with Gasteiger partial charge >= 0.3 is 0 Å². The van der Waals surface area contributed by atoms with Crippen molar-refractivity contribution in [1.29, 1.82) is 0 Å². The summed E-state index contributed by atoms with van der Waals surface area (Å²) in [4.78, 5) is 12.2. The Morgan fingerprint density at radius 3 is 2.63 bits per heavy atom. The van der Waals surface area contributed by atoms with Gasteiger partial charge in [0.2, 0.25) is 0 Å². The second-order valence-corrected chi connectivity index (χ2v) is 8.52. The predicted molar refractivity (Wildman–Crippen MR) is 105 cm³/mol. The van der Waals surface area contributed by atoms with Gasteiger partial charge in [-0.1, -0.05) is 29.3 Å². The number of aryl methyl sites for hydroxylation is 1. The minimum atomic E-state index is -3.93. The number of hydrogen-bond acceptors (Lipinski definition) is 4. The molecule has 0 saturated carbocycles. The predicted octanol–water partition coefficient (Wildman–Crippen LogP) is 3.36. The summed E-state index contributed by atoms with van der Waals surface area (Å²) in [7, 11) is -3.93. The van der Waals surface area contributed by atoms with Crippen LogP contribution in [0.4, 0.5) is 5.69 Å². The number of sulfonamides is 1. The zero-order valence-electron chi connectivity index (χ0n) is 14.9. The average molecular weight is 409 g/mol. The molecule has 0 spiro atoms. The fourth-order valence-corrected chi connectivity index (χ4v) is 4.38. The van der Waals surface area contributed by atoms with Gasteiger partial charge in [0.1, 0.15) is 4.90 Å². The van der Waals surface area contributed by atoms with E-state index in [1.807, 2.05) is 6.92 Å². The Kier molecular flexibility index (Phi) is 6.04. The van der Waals surface area contributed by atoms with Crippen LogP contribution < -0.4 is 10.0 Å². The highest BCUT2D eigenvalue weighted by Gasteiger charge is 2.21. The Labute approximate surface area is 163 Å². The van der Waals surface area contributed by atoms with Crippen LogP contribution in [-0.2, 0) is 14.8 Å². The number of amides is 1. The molecule has 2 N–H and O–H groups in total. The number of ether oxygens (including phenoxy) is 1. The molecule has 1 saturated heterocycles. The van der Waals surface area contributed by atoms with Gasteiger partial charge in [0.25, 0.3) is 15.9 Å². The van der Waals surface area contributed by atoms with Crippen molar-refractivity contribution in [1.82, 2.24) is 5.32 Å². The molecular formula is C19H21ClN2O4S. The van der Waals surface area contributed by atoms with E-state index in [0.29, 0.717) is 18.8 Å². The largest absolute Gasteiger partial charge is 0.376 e. The molecule has 2 aromatic rings. The van der Waals surface area contributed by atoms with Gasteiger partial charge in [-0.05, 0) is 50.1 Å². The molecule has 0 bridgehead atoms. The van der Waals surface area contributed by atoms with Crippen molar-refractivity contribution in [3.8, 4) is 0 Å². The standard InChI is InChI=1S/C19H21ClN2O4S/c1-13-4-7-15(8-5-13)22-27(24,25)18-11-14(6-9-17(18)20)19(23)21-12-16-3-2-10-26-16/h4-9,11,16,22H,2-3,10,12H2,1H3,(H,21,23)/t16-/m1/s1. The number of nitrogens with one attached hydrogen (secondary N) is 2. The molecule has 1 heterocycles. The molecular weight excluding hydrogens is 388 g/mol. The lowest BCUT2D eigenvalue weighted by atomic mass is 10.2. The van der Waals surface area contributed by atoms with E-state index in [2.05, 4.69) is 10.0 Å². The van der Waals surface area contributed by atoms with E-state index < -0.39 is 10.0 Å². The first-order valence-corrected chi connectivity index (χ1v) is 10.5. The molecule has 0 unspecified atom stereocenters. The van der Waals surface area contributed by atoms with Gasteiger partial charge in [0.15, 0.2) is 0 Å². The molecule has 1 aliphatic rings. The van der Waals surface area contributed by atoms with Gasteiger partial charge < -0.3 is 10.1 Å². The maximum Gasteiger partial charge on any atom is 0.263 e. The minimum absolute atomic E-state index is 0.00709. The second kappa shape index (κ2) is 8.29. The SMILES string of the molecule is Cc1ccc(NS(=O)(=O)c2cc(C(=O)NC[C@H]3CCCO3)ccc2Cl)cc1. The Hall–Kier alpha value is -2.09. The highest BCUT2D eigenvalue weighted by Crippen LogP contribution is 2.25. The summed E-state index contributed by atoms with van der Waals surface area (Å²) < 4.78 is 33.4. The smallest absolute Gasteiger partial charge is 0.263 e. The minimum Gasteiger partial charge on any atom is -0.376 e. The zero-order valence-corrected chi connectivity index (χ0v) is 16.4. The fraction of sp³-hybridized carbons (Fsp3) is 0.316. The molecule has 6 nitrogen and oxygen atoms in total. The summed E-state index contributed by atoms with van der Waals surface area (Å²) in [6.07, 6.45) is 1.89. The number of carbonyl (C=O) groups excluding carboxylic acids is 1. The number of rotatable bonds is 6. The van der Waals surface area contributed by atoms with E-state index in [0.717, 1.165) is 18.4 Å². The molecule has 1 atom stereocenters. The maximum absolute atomic E-state index is 12.7. The highest BCUT2D eigenvalue weighted by atomic mass is 35.5. The maximum atomic E-state index is 12.7. The summed E-state index contributed by atoms with van der Waals surface area (Å²) in [5.41, 5.74) is 1.66. The Bertz CT molecular complexity index is 923. The number of benzene rings is 2. The molecule has 8 heteroatoms. The molecule has 3 rings (SSSR count). The quantitative estimate of drug-likeness (QED) is 0.767. The van der Waals surface area contributed by atoms with Crippen LogP contribution in [0.25, 0.3) is 0 Å². The zero-order chi connectivity index (χ0) is 19.4. The molecule has 2 aromatic carbocycles. The van der Waals surface area contributed by atoms with Crippen LogP contribution in [0, 0.1) is 6.92 Å². The number of halogens is 1. The van der Waals surface area contributed by atoms with Gasteiger partial charge in [0, 0.05) is 24.4 Å². The van der Waals surface area contributed by atoms with Crippen LogP contribution in [0.5, 0.6) is 0 Å². The second-order valence-electron chi connectivity index (χ2n) is 6.46. The first-order valence-electron chi connectivity index (χ1n) is 8.64. The van der Waals surface area contributed by atoms with Crippen molar-refractivity contribution in [3.63, 3.8) is 0 Å². The van der Waals surface area contributed by atoms with Crippen LogP contribution in [0.2, 0.25) is 5.02 Å². The van der Waals surface area contributed by atoms with E-state index in [4.69, 9.17) is 16.3 Å². The topological polar surface area (TPSA) is 84.5 Å². The Morgan fingerprint density at radius 1 is 1.22 bits per heavy atom. The molecule has 0 radical (unpaired) electrons. The molecule has 0 aliphatic carbocycles. The van der Waals surface area contributed by atoms with Crippen LogP contribution in [-0.4, -0.2) is 33.6 Å². The molecule has 27 heavy (non-hydrogen) atoms. The molecule has 0 aromatic heterocycles. The lowest BCUT2D eigenvalue weighted by Gasteiger charge is -2.13. The summed E-state index contributed by atoms with van der Waals surface area (Å²) in [6, 6.07) is 11.1. The van der Waals surface area contributed by atoms with Gasteiger partial charge in [-0.3, -0.25) is 9.52 Å². The van der Waals surface area contributed by atoms with Crippen LogP contribution in [0.1, 0.15) is 28.8 Å². The summed E-state index contributed by atoms with van der Waals surface area (Å²) in [5.74, 6) is -0.367. The third kappa shape index (κ3) is 5.00. The number of anilines is 1. The number of hydrogen-bond donors (Lipinski definition) is 2. The van der Waals surface area contributed by atoms with E-state index in [1.54, 1.807) is 24.3 Å². The van der Waals surface area contributed by atoms with Gasteiger partial charge in [-0.15, -0.1) is 0 Å². The summed E-state index contributed by atoms with van der Waals surface area (Å²) in [5, 5.41) is 2.82.